The van der Waals surface area contributed by atoms with Gasteiger partial charge in [-0.3, -0.25) is 0 Å². The van der Waals surface area contributed by atoms with Crippen molar-refractivity contribution < 1.29 is 0 Å². The van der Waals surface area contributed by atoms with Crippen molar-refractivity contribution >= 4 is 27.5 Å². The third-order valence-corrected chi connectivity index (χ3v) is 5.88. The lowest BCUT2D eigenvalue weighted by atomic mass is 10.0. The number of aromatic nitrogens is 2. The number of halogens is 2. The second-order valence-corrected chi connectivity index (χ2v) is 8.78. The lowest BCUT2D eigenvalue weighted by Gasteiger charge is -2.10. The van der Waals surface area contributed by atoms with Crippen LogP contribution in [0.3, 0.4) is 0 Å². The lowest BCUT2D eigenvalue weighted by Crippen LogP contribution is -1.96. The molecule has 0 aliphatic carbocycles. The first kappa shape index (κ1) is 20.6. The number of hydrogen-bond acceptors (Lipinski definition) is 2. The number of hydrogen-bond donors (Lipinski definition) is 0. The van der Waals surface area contributed by atoms with Crippen LogP contribution in [0.15, 0.2) is 114 Å². The van der Waals surface area contributed by atoms with E-state index in [1.807, 2.05) is 60.7 Å². The summed E-state index contributed by atoms with van der Waals surface area (Å²) in [6.45, 7) is 0. The standard InChI is InChI=1S/C28H18BrClN2/c29-24-15-23(16-25(30)17-24)27-18-26(31-28(32-27)22-9-5-2-6-10-22)21-13-11-20(12-14-21)19-7-3-1-4-8-19/h1-18H. The first-order valence-electron chi connectivity index (χ1n) is 10.2. The Kier molecular flexibility index (Phi) is 5.85. The maximum absolute atomic E-state index is 6.32. The van der Waals surface area contributed by atoms with E-state index in [1.54, 1.807) is 0 Å². The minimum absolute atomic E-state index is 0.656. The molecular weight excluding hydrogens is 480 g/mol. The van der Waals surface area contributed by atoms with Crippen molar-refractivity contribution in [2.75, 3.05) is 0 Å². The zero-order chi connectivity index (χ0) is 21.9. The van der Waals surface area contributed by atoms with Crippen molar-refractivity contribution in [1.82, 2.24) is 9.97 Å². The van der Waals surface area contributed by atoms with Crippen LogP contribution in [0.4, 0.5) is 0 Å². The summed E-state index contributed by atoms with van der Waals surface area (Å²) in [4.78, 5) is 9.75. The highest BCUT2D eigenvalue weighted by Gasteiger charge is 2.12. The van der Waals surface area contributed by atoms with Gasteiger partial charge in [-0.05, 0) is 35.4 Å². The van der Waals surface area contributed by atoms with Crippen LogP contribution in [0.5, 0.6) is 0 Å². The Hall–Kier alpha value is -3.27. The molecule has 0 spiro atoms. The molecule has 0 aliphatic heterocycles. The molecule has 0 fully saturated rings. The highest BCUT2D eigenvalue weighted by Crippen LogP contribution is 2.31. The molecule has 0 atom stereocenters. The molecule has 5 rings (SSSR count). The van der Waals surface area contributed by atoms with E-state index in [1.165, 1.54) is 11.1 Å². The molecule has 0 N–H and O–H groups in total. The van der Waals surface area contributed by atoms with Gasteiger partial charge in [0, 0.05) is 26.2 Å². The predicted octanol–water partition coefficient (Wildman–Crippen LogP) is 8.56. The van der Waals surface area contributed by atoms with Gasteiger partial charge in [-0.1, -0.05) is 112 Å². The van der Waals surface area contributed by atoms with Crippen molar-refractivity contribution in [3.63, 3.8) is 0 Å². The summed E-state index contributed by atoms with van der Waals surface area (Å²) < 4.78 is 0.911. The fourth-order valence-electron chi connectivity index (χ4n) is 3.63. The topological polar surface area (TPSA) is 25.8 Å². The van der Waals surface area contributed by atoms with Gasteiger partial charge in [0.15, 0.2) is 5.82 Å². The summed E-state index contributed by atoms with van der Waals surface area (Å²) in [6, 6.07) is 36.7. The van der Waals surface area contributed by atoms with Gasteiger partial charge in [-0.15, -0.1) is 0 Å². The summed E-state index contributed by atoms with van der Waals surface area (Å²) in [6.07, 6.45) is 0. The summed E-state index contributed by atoms with van der Waals surface area (Å²) in [5.74, 6) is 0.682. The Labute approximate surface area is 200 Å². The van der Waals surface area contributed by atoms with Gasteiger partial charge in [0.05, 0.1) is 11.4 Å². The Bertz CT molecular complexity index is 1350. The van der Waals surface area contributed by atoms with Crippen LogP contribution in [0.25, 0.3) is 45.0 Å². The molecule has 0 unspecified atom stereocenters. The van der Waals surface area contributed by atoms with Crippen LogP contribution >= 0.6 is 27.5 Å². The Morgan fingerprint density at radius 2 is 1.03 bits per heavy atom. The van der Waals surface area contributed by atoms with E-state index in [0.717, 1.165) is 32.6 Å². The highest BCUT2D eigenvalue weighted by atomic mass is 79.9. The zero-order valence-corrected chi connectivity index (χ0v) is 19.4. The molecule has 2 nitrogen and oxygen atoms in total. The van der Waals surface area contributed by atoms with Gasteiger partial charge < -0.3 is 0 Å². The SMILES string of the molecule is Clc1cc(Br)cc(-c2cc(-c3ccc(-c4ccccc4)cc3)nc(-c3ccccc3)n2)c1. The van der Waals surface area contributed by atoms with E-state index < -0.39 is 0 Å². The maximum Gasteiger partial charge on any atom is 0.160 e. The first-order chi connectivity index (χ1) is 15.7. The van der Waals surface area contributed by atoms with Crippen LogP contribution in [-0.4, -0.2) is 9.97 Å². The smallest absolute Gasteiger partial charge is 0.160 e. The molecule has 0 amide bonds. The molecular formula is C28H18BrClN2. The van der Waals surface area contributed by atoms with Crippen molar-refractivity contribution in [2.24, 2.45) is 0 Å². The number of rotatable bonds is 4. The van der Waals surface area contributed by atoms with Gasteiger partial charge in [-0.2, -0.15) is 0 Å². The fraction of sp³-hybridized carbons (Fsp3) is 0. The van der Waals surface area contributed by atoms with Crippen molar-refractivity contribution in [3.8, 4) is 45.0 Å². The molecule has 32 heavy (non-hydrogen) atoms. The Morgan fingerprint density at radius 1 is 0.500 bits per heavy atom. The number of benzene rings is 4. The summed E-state index contributed by atoms with van der Waals surface area (Å²) in [7, 11) is 0. The fourth-order valence-corrected chi connectivity index (χ4v) is 4.49. The van der Waals surface area contributed by atoms with Crippen molar-refractivity contribution in [2.45, 2.75) is 0 Å². The first-order valence-corrected chi connectivity index (χ1v) is 11.4. The lowest BCUT2D eigenvalue weighted by molar-refractivity contribution is 1.18. The van der Waals surface area contributed by atoms with Crippen LogP contribution in [0.2, 0.25) is 5.02 Å². The van der Waals surface area contributed by atoms with Gasteiger partial charge in [0.1, 0.15) is 0 Å². The average Bonchev–Trinajstić information content (AvgIpc) is 2.84. The molecule has 154 valence electrons. The van der Waals surface area contributed by atoms with E-state index in [2.05, 4.69) is 64.5 Å². The van der Waals surface area contributed by atoms with Crippen LogP contribution < -0.4 is 0 Å². The van der Waals surface area contributed by atoms with E-state index in [9.17, 15) is 0 Å². The normalized spacial score (nSPS) is 10.8. The molecule has 4 heteroatoms. The van der Waals surface area contributed by atoms with E-state index in [-0.39, 0.29) is 0 Å². The second-order valence-electron chi connectivity index (χ2n) is 7.43. The minimum Gasteiger partial charge on any atom is -0.228 e. The monoisotopic (exact) mass is 496 g/mol. The van der Waals surface area contributed by atoms with E-state index >= 15 is 0 Å². The quantitative estimate of drug-likeness (QED) is 0.248. The molecule has 1 heterocycles. The van der Waals surface area contributed by atoms with Gasteiger partial charge in [0.2, 0.25) is 0 Å². The van der Waals surface area contributed by atoms with Gasteiger partial charge in [0.25, 0.3) is 0 Å². The molecule has 0 aliphatic rings. The van der Waals surface area contributed by atoms with E-state index in [0.29, 0.717) is 10.8 Å². The Balaban J connectivity index is 1.63. The summed E-state index contributed by atoms with van der Waals surface area (Å²) in [5.41, 5.74) is 6.99. The average molecular weight is 498 g/mol. The largest absolute Gasteiger partial charge is 0.228 e. The summed E-state index contributed by atoms with van der Waals surface area (Å²) in [5, 5.41) is 0.656. The second kappa shape index (κ2) is 9.07. The molecule has 0 saturated heterocycles. The summed E-state index contributed by atoms with van der Waals surface area (Å²) >= 11 is 9.86. The molecule has 5 aromatic rings. The molecule has 0 radical (unpaired) electrons. The molecule has 0 bridgehead atoms. The van der Waals surface area contributed by atoms with Crippen LogP contribution in [-0.2, 0) is 0 Å². The third kappa shape index (κ3) is 4.50. The van der Waals surface area contributed by atoms with Crippen molar-refractivity contribution in [1.29, 1.82) is 0 Å². The Morgan fingerprint density at radius 3 is 1.66 bits per heavy atom. The predicted molar refractivity (Wildman–Crippen MR) is 136 cm³/mol. The van der Waals surface area contributed by atoms with Crippen LogP contribution in [0, 0.1) is 0 Å². The molecule has 0 saturated carbocycles. The minimum atomic E-state index is 0.656. The van der Waals surface area contributed by atoms with Crippen LogP contribution in [0.1, 0.15) is 0 Å². The molecule has 1 aromatic heterocycles. The number of nitrogens with zero attached hydrogens (tertiary/aromatic N) is 2. The van der Waals surface area contributed by atoms with Crippen molar-refractivity contribution in [3.05, 3.63) is 119 Å². The van der Waals surface area contributed by atoms with E-state index in [4.69, 9.17) is 21.6 Å². The maximum atomic E-state index is 6.32. The van der Waals surface area contributed by atoms with Gasteiger partial charge >= 0.3 is 0 Å². The molecule has 4 aromatic carbocycles. The zero-order valence-electron chi connectivity index (χ0n) is 17.0. The third-order valence-electron chi connectivity index (χ3n) is 5.20. The highest BCUT2D eigenvalue weighted by molar-refractivity contribution is 9.10. The van der Waals surface area contributed by atoms with Gasteiger partial charge in [-0.25, -0.2) is 9.97 Å².